The first-order valence-corrected chi connectivity index (χ1v) is 12.2. The van der Waals surface area contributed by atoms with E-state index in [2.05, 4.69) is 73.5 Å². The SMILES string of the molecule is C#CC1COCC2c3cc(Br)c(OC)cc3CCN2CC(=O)N(C(C)(C)C)CCC1(C)C. The van der Waals surface area contributed by atoms with Gasteiger partial charge in [0, 0.05) is 24.5 Å². The number of amides is 1. The quantitative estimate of drug-likeness (QED) is 0.520. The van der Waals surface area contributed by atoms with Gasteiger partial charge in [0.15, 0.2) is 0 Å². The van der Waals surface area contributed by atoms with Crippen LogP contribution in [0.25, 0.3) is 0 Å². The number of carbonyl (C=O) groups excluding carboxylic acids is 1. The number of nitrogens with zero attached hydrogens (tertiary/aromatic N) is 2. The number of benzene rings is 1. The van der Waals surface area contributed by atoms with Crippen LogP contribution in [0.1, 0.15) is 58.2 Å². The number of ether oxygens (including phenoxy) is 2. The minimum Gasteiger partial charge on any atom is -0.496 e. The third-order valence-electron chi connectivity index (χ3n) is 7.02. The summed E-state index contributed by atoms with van der Waals surface area (Å²) in [5.41, 5.74) is 2.06. The van der Waals surface area contributed by atoms with Gasteiger partial charge in [0.2, 0.25) is 5.91 Å². The van der Waals surface area contributed by atoms with Gasteiger partial charge in [0.1, 0.15) is 5.75 Å². The van der Waals surface area contributed by atoms with Crippen molar-refractivity contribution in [2.45, 2.75) is 59.0 Å². The van der Waals surface area contributed by atoms with Crippen LogP contribution in [-0.4, -0.2) is 61.2 Å². The molecule has 0 radical (unpaired) electrons. The van der Waals surface area contributed by atoms with Crippen molar-refractivity contribution in [2.24, 2.45) is 11.3 Å². The van der Waals surface area contributed by atoms with E-state index < -0.39 is 0 Å². The van der Waals surface area contributed by atoms with Crippen LogP contribution < -0.4 is 4.74 Å². The topological polar surface area (TPSA) is 42.0 Å². The van der Waals surface area contributed by atoms with Crippen molar-refractivity contribution in [3.05, 3.63) is 27.7 Å². The summed E-state index contributed by atoms with van der Waals surface area (Å²) in [6.07, 6.45) is 7.64. The van der Waals surface area contributed by atoms with Gasteiger partial charge < -0.3 is 14.4 Å². The molecule has 0 aliphatic carbocycles. The van der Waals surface area contributed by atoms with Gasteiger partial charge in [-0.3, -0.25) is 9.69 Å². The molecule has 5 nitrogen and oxygen atoms in total. The Balaban J connectivity index is 1.99. The second kappa shape index (κ2) is 9.75. The van der Waals surface area contributed by atoms with Gasteiger partial charge in [-0.1, -0.05) is 13.8 Å². The minimum atomic E-state index is -0.251. The van der Waals surface area contributed by atoms with E-state index >= 15 is 0 Å². The highest BCUT2D eigenvalue weighted by molar-refractivity contribution is 9.10. The van der Waals surface area contributed by atoms with Crippen LogP contribution in [0.4, 0.5) is 0 Å². The molecule has 0 saturated carbocycles. The molecule has 1 fully saturated rings. The minimum absolute atomic E-state index is 0.00677. The molecule has 1 amide bonds. The van der Waals surface area contributed by atoms with Crippen LogP contribution in [-0.2, 0) is 16.0 Å². The zero-order chi connectivity index (χ0) is 23.7. The molecule has 2 atom stereocenters. The number of methoxy groups -OCH3 is 1. The maximum absolute atomic E-state index is 13.5. The molecule has 3 rings (SSSR count). The van der Waals surface area contributed by atoms with E-state index in [1.807, 2.05) is 4.90 Å². The lowest BCUT2D eigenvalue weighted by Gasteiger charge is -2.43. The Labute approximate surface area is 201 Å². The number of fused-ring (bicyclic) bond motifs is 3. The number of halogens is 1. The van der Waals surface area contributed by atoms with Gasteiger partial charge in [-0.25, -0.2) is 0 Å². The number of rotatable bonds is 1. The number of terminal acetylenes is 1. The Morgan fingerprint density at radius 2 is 1.97 bits per heavy atom. The average molecular weight is 505 g/mol. The maximum Gasteiger partial charge on any atom is 0.237 e. The lowest BCUT2D eigenvalue weighted by molar-refractivity contribution is -0.139. The Morgan fingerprint density at radius 1 is 1.25 bits per heavy atom. The van der Waals surface area contributed by atoms with Gasteiger partial charge in [-0.2, -0.15) is 0 Å². The highest BCUT2D eigenvalue weighted by Crippen LogP contribution is 2.38. The maximum atomic E-state index is 13.5. The first kappa shape index (κ1) is 25.1. The predicted molar refractivity (Wildman–Crippen MR) is 132 cm³/mol. The van der Waals surface area contributed by atoms with E-state index in [9.17, 15) is 4.79 Å². The van der Waals surface area contributed by atoms with E-state index in [0.717, 1.165) is 29.6 Å². The second-order valence-corrected chi connectivity index (χ2v) is 11.5. The zero-order valence-electron chi connectivity index (χ0n) is 20.3. The summed E-state index contributed by atoms with van der Waals surface area (Å²) in [4.78, 5) is 17.8. The molecular formula is C26H37BrN2O3. The van der Waals surface area contributed by atoms with E-state index in [1.54, 1.807) is 7.11 Å². The van der Waals surface area contributed by atoms with Gasteiger partial charge in [-0.05, 0) is 78.2 Å². The van der Waals surface area contributed by atoms with Crippen molar-refractivity contribution in [1.82, 2.24) is 9.80 Å². The molecule has 0 N–H and O–H groups in total. The molecule has 1 saturated heterocycles. The number of hydrogen-bond donors (Lipinski definition) is 0. The van der Waals surface area contributed by atoms with Crippen molar-refractivity contribution >= 4 is 21.8 Å². The second-order valence-electron chi connectivity index (χ2n) is 10.6. The van der Waals surface area contributed by atoms with E-state index in [0.29, 0.717) is 26.3 Å². The van der Waals surface area contributed by atoms with Crippen LogP contribution in [0.5, 0.6) is 5.75 Å². The normalized spacial score (nSPS) is 25.1. The highest BCUT2D eigenvalue weighted by atomic mass is 79.9. The Bertz CT molecular complexity index is 884. The summed E-state index contributed by atoms with van der Waals surface area (Å²) in [6, 6.07) is 4.21. The number of carbonyl (C=O) groups is 1. The smallest absolute Gasteiger partial charge is 0.237 e. The van der Waals surface area contributed by atoms with Gasteiger partial charge >= 0.3 is 0 Å². The summed E-state index contributed by atoms with van der Waals surface area (Å²) in [6.45, 7) is 13.6. The average Bonchev–Trinajstić information content (AvgIpc) is 2.70. The van der Waals surface area contributed by atoms with Gasteiger partial charge in [0.05, 0.1) is 37.4 Å². The molecule has 2 aliphatic rings. The summed E-state index contributed by atoms with van der Waals surface area (Å²) >= 11 is 3.63. The molecule has 0 bridgehead atoms. The molecule has 2 unspecified atom stereocenters. The van der Waals surface area contributed by atoms with Gasteiger partial charge in [0.25, 0.3) is 0 Å². The van der Waals surface area contributed by atoms with Crippen LogP contribution in [0.15, 0.2) is 16.6 Å². The lowest BCUT2D eigenvalue weighted by Crippen LogP contribution is -2.53. The predicted octanol–water partition coefficient (Wildman–Crippen LogP) is 4.68. The van der Waals surface area contributed by atoms with Crippen molar-refractivity contribution < 1.29 is 14.3 Å². The van der Waals surface area contributed by atoms with Crippen LogP contribution in [0.2, 0.25) is 0 Å². The molecule has 0 aromatic heterocycles. The Kier molecular flexibility index (Phi) is 7.64. The van der Waals surface area contributed by atoms with Crippen molar-refractivity contribution in [2.75, 3.05) is 40.0 Å². The largest absolute Gasteiger partial charge is 0.496 e. The van der Waals surface area contributed by atoms with Crippen LogP contribution in [0, 0.1) is 23.7 Å². The molecule has 176 valence electrons. The monoisotopic (exact) mass is 504 g/mol. The molecule has 1 aromatic carbocycles. The number of hydrogen-bond acceptors (Lipinski definition) is 4. The summed E-state index contributed by atoms with van der Waals surface area (Å²) < 4.78 is 12.7. The molecule has 0 spiro atoms. The van der Waals surface area contributed by atoms with Crippen molar-refractivity contribution in [3.63, 3.8) is 0 Å². The lowest BCUT2D eigenvalue weighted by atomic mass is 9.76. The summed E-state index contributed by atoms with van der Waals surface area (Å²) in [5, 5.41) is 0. The molecule has 6 heteroatoms. The van der Waals surface area contributed by atoms with E-state index in [-0.39, 0.29) is 28.8 Å². The van der Waals surface area contributed by atoms with E-state index in [4.69, 9.17) is 15.9 Å². The molecule has 2 heterocycles. The van der Waals surface area contributed by atoms with Crippen molar-refractivity contribution in [1.29, 1.82) is 0 Å². The fourth-order valence-corrected chi connectivity index (χ4v) is 5.28. The highest BCUT2D eigenvalue weighted by Gasteiger charge is 2.37. The first-order chi connectivity index (χ1) is 15.0. The molecule has 32 heavy (non-hydrogen) atoms. The third-order valence-corrected chi connectivity index (χ3v) is 7.64. The standard InChI is InChI=1S/C26H37BrN2O3/c1-8-19-16-32-17-22-20-14-21(27)23(31-7)13-18(20)9-11-28(22)15-24(30)29(25(2,3)4)12-10-26(19,5)6/h1,13-14,19,22H,9-12,15-17H2,2-7H3. The molecule has 1 aromatic rings. The Morgan fingerprint density at radius 3 is 2.59 bits per heavy atom. The summed E-state index contributed by atoms with van der Waals surface area (Å²) in [7, 11) is 1.68. The van der Waals surface area contributed by atoms with Gasteiger partial charge in [-0.15, -0.1) is 12.3 Å². The van der Waals surface area contributed by atoms with Crippen molar-refractivity contribution in [3.8, 4) is 18.1 Å². The summed E-state index contributed by atoms with van der Waals surface area (Å²) in [5.74, 6) is 3.93. The first-order valence-electron chi connectivity index (χ1n) is 11.4. The molecule has 2 aliphatic heterocycles. The zero-order valence-corrected chi connectivity index (χ0v) is 21.9. The third kappa shape index (κ3) is 5.32. The Hall–Kier alpha value is -1.55. The van der Waals surface area contributed by atoms with E-state index in [1.165, 1.54) is 11.1 Å². The van der Waals surface area contributed by atoms with Crippen LogP contribution >= 0.6 is 15.9 Å². The van der Waals surface area contributed by atoms with Crippen LogP contribution in [0.3, 0.4) is 0 Å². The fraction of sp³-hybridized carbons (Fsp3) is 0.654. The molecular weight excluding hydrogens is 468 g/mol. The fourth-order valence-electron chi connectivity index (χ4n) is 4.76.